The lowest BCUT2D eigenvalue weighted by atomic mass is 10.2. The van der Waals surface area contributed by atoms with Crippen molar-refractivity contribution in [1.29, 1.82) is 0 Å². The molecule has 0 fully saturated rings. The third kappa shape index (κ3) is 3.90. The first-order chi connectivity index (χ1) is 10.5. The molecule has 2 rings (SSSR count). The Balaban J connectivity index is 2.04. The molecule has 1 unspecified atom stereocenters. The van der Waals surface area contributed by atoms with Crippen LogP contribution in [-0.2, 0) is 11.3 Å². The molecule has 7 heteroatoms. The Morgan fingerprint density at radius 1 is 1.36 bits per heavy atom. The molecule has 2 atom stereocenters. The van der Waals surface area contributed by atoms with E-state index in [4.69, 9.17) is 0 Å². The van der Waals surface area contributed by atoms with Crippen LogP contribution in [-0.4, -0.2) is 23.9 Å². The zero-order valence-corrected chi connectivity index (χ0v) is 13.2. The number of carbonyl (C=O) groups is 1. The van der Waals surface area contributed by atoms with E-state index in [1.165, 1.54) is 17.0 Å². The summed E-state index contributed by atoms with van der Waals surface area (Å²) >= 11 is 1.65. The number of anilines is 1. The van der Waals surface area contributed by atoms with Gasteiger partial charge in [-0.25, -0.2) is 0 Å². The van der Waals surface area contributed by atoms with E-state index in [1.54, 1.807) is 23.5 Å². The summed E-state index contributed by atoms with van der Waals surface area (Å²) in [7, 11) is 1.93. The number of quaternary nitrogens is 1. The topological polar surface area (TPSA) is 76.7 Å². The van der Waals surface area contributed by atoms with Crippen molar-refractivity contribution < 1.29 is 14.6 Å². The minimum atomic E-state index is -0.498. The fraction of sp³-hybridized carbons (Fsp3) is 0.267. The second kappa shape index (κ2) is 7.15. The van der Waals surface area contributed by atoms with Gasteiger partial charge < -0.3 is 10.2 Å². The summed E-state index contributed by atoms with van der Waals surface area (Å²) in [4.78, 5) is 25.0. The highest BCUT2D eigenvalue weighted by Gasteiger charge is 2.24. The Labute approximate surface area is 132 Å². The van der Waals surface area contributed by atoms with Gasteiger partial charge in [0, 0.05) is 6.07 Å². The molecule has 0 bridgehead atoms. The van der Waals surface area contributed by atoms with Crippen LogP contribution in [0.3, 0.4) is 0 Å². The number of hydrogen-bond donors (Lipinski definition) is 2. The highest BCUT2D eigenvalue weighted by atomic mass is 32.1. The molecular formula is C15H18N3O3S+. The Bertz CT molecular complexity index is 658. The van der Waals surface area contributed by atoms with Gasteiger partial charge in [-0.15, -0.1) is 11.3 Å². The largest absolute Gasteiger partial charge is 0.323 e. The van der Waals surface area contributed by atoms with Gasteiger partial charge in [0.15, 0.2) is 6.04 Å². The lowest BCUT2D eigenvalue weighted by Crippen LogP contribution is -3.12. The molecule has 1 aromatic heterocycles. The van der Waals surface area contributed by atoms with Crippen molar-refractivity contribution in [3.63, 3.8) is 0 Å². The Morgan fingerprint density at radius 3 is 2.73 bits per heavy atom. The fourth-order valence-corrected chi connectivity index (χ4v) is 2.84. The van der Waals surface area contributed by atoms with E-state index in [-0.39, 0.29) is 23.3 Å². The molecular weight excluding hydrogens is 302 g/mol. The van der Waals surface area contributed by atoms with Gasteiger partial charge in [-0.05, 0) is 24.4 Å². The van der Waals surface area contributed by atoms with Crippen LogP contribution in [0, 0.1) is 10.1 Å². The third-order valence-corrected chi connectivity index (χ3v) is 4.40. The van der Waals surface area contributed by atoms with E-state index in [0.29, 0.717) is 0 Å². The molecule has 6 nitrogen and oxygen atoms in total. The molecule has 2 N–H and O–H groups in total. The van der Waals surface area contributed by atoms with Crippen LogP contribution in [0.2, 0.25) is 0 Å². The van der Waals surface area contributed by atoms with Gasteiger partial charge in [-0.1, -0.05) is 18.2 Å². The minimum Gasteiger partial charge on any atom is -0.323 e. The molecule has 0 spiro atoms. The van der Waals surface area contributed by atoms with Crippen LogP contribution >= 0.6 is 11.3 Å². The van der Waals surface area contributed by atoms with Crippen molar-refractivity contribution in [2.75, 3.05) is 12.4 Å². The summed E-state index contributed by atoms with van der Waals surface area (Å²) < 4.78 is 0. The van der Waals surface area contributed by atoms with Crippen LogP contribution in [0.1, 0.15) is 11.8 Å². The van der Waals surface area contributed by atoms with E-state index < -0.39 is 4.92 Å². The summed E-state index contributed by atoms with van der Waals surface area (Å²) in [5.74, 6) is -0.233. The molecule has 0 aliphatic rings. The predicted molar refractivity (Wildman–Crippen MR) is 86.1 cm³/mol. The Morgan fingerprint density at radius 2 is 2.09 bits per heavy atom. The number of nitro groups is 1. The zero-order chi connectivity index (χ0) is 16.1. The van der Waals surface area contributed by atoms with Crippen LogP contribution in [0.5, 0.6) is 0 Å². The van der Waals surface area contributed by atoms with Crippen LogP contribution in [0.4, 0.5) is 11.4 Å². The Hall–Kier alpha value is -2.25. The number of thiophene rings is 1. The number of amides is 1. The number of likely N-dealkylation sites (N-methyl/N-ethyl adjacent to an activating group) is 1. The van der Waals surface area contributed by atoms with Crippen LogP contribution in [0.15, 0.2) is 41.8 Å². The van der Waals surface area contributed by atoms with E-state index in [0.717, 1.165) is 11.4 Å². The number of nitro benzene ring substituents is 1. The maximum atomic E-state index is 12.3. The molecule has 0 saturated heterocycles. The number of nitrogens with one attached hydrogen (secondary N) is 2. The molecule has 22 heavy (non-hydrogen) atoms. The highest BCUT2D eigenvalue weighted by Crippen LogP contribution is 2.23. The van der Waals surface area contributed by atoms with Gasteiger partial charge in [0.05, 0.1) is 16.8 Å². The standard InChI is InChI=1S/C15H17N3O3S/c1-11(17(2)10-12-6-5-9-22-12)15(19)16-13-7-3-4-8-14(13)18(20)21/h3-9,11H,10H2,1-2H3,(H,16,19)/p+1/t11-/m1/s1. The van der Waals surface area contributed by atoms with Crippen LogP contribution < -0.4 is 10.2 Å². The molecule has 0 aliphatic heterocycles. The quantitative estimate of drug-likeness (QED) is 0.628. The van der Waals surface area contributed by atoms with E-state index >= 15 is 0 Å². The molecule has 2 aromatic rings. The molecule has 1 amide bonds. The second-order valence-electron chi connectivity index (χ2n) is 5.09. The zero-order valence-electron chi connectivity index (χ0n) is 12.4. The average molecular weight is 320 g/mol. The summed E-state index contributed by atoms with van der Waals surface area (Å²) in [6.07, 6.45) is 0. The number of nitrogens with zero attached hydrogens (tertiary/aromatic N) is 1. The third-order valence-electron chi connectivity index (χ3n) is 3.52. The maximum Gasteiger partial charge on any atom is 0.292 e. The maximum absolute atomic E-state index is 12.3. The number of rotatable bonds is 6. The van der Waals surface area contributed by atoms with Gasteiger partial charge >= 0.3 is 0 Å². The van der Waals surface area contributed by atoms with Crippen LogP contribution in [0.25, 0.3) is 0 Å². The predicted octanol–water partition coefficient (Wildman–Crippen LogP) is 1.70. The summed E-state index contributed by atoms with van der Waals surface area (Å²) in [6, 6.07) is 9.84. The Kier molecular flexibility index (Phi) is 5.24. The highest BCUT2D eigenvalue weighted by molar-refractivity contribution is 7.09. The normalized spacial score (nSPS) is 13.4. The monoisotopic (exact) mass is 320 g/mol. The summed E-state index contributed by atoms with van der Waals surface area (Å²) in [5, 5.41) is 15.6. The fourth-order valence-electron chi connectivity index (χ4n) is 2.04. The minimum absolute atomic E-state index is 0.0982. The van der Waals surface area contributed by atoms with Gasteiger partial charge in [-0.3, -0.25) is 14.9 Å². The lowest BCUT2D eigenvalue weighted by molar-refractivity contribution is -0.907. The molecule has 0 saturated carbocycles. The smallest absolute Gasteiger partial charge is 0.292 e. The SMILES string of the molecule is C[C@H](C(=O)Nc1ccccc1[N+](=O)[O-])[NH+](C)Cc1cccs1. The summed E-state index contributed by atoms with van der Waals surface area (Å²) in [6.45, 7) is 2.55. The molecule has 0 radical (unpaired) electrons. The van der Waals surface area contributed by atoms with Gasteiger partial charge in [0.1, 0.15) is 12.2 Å². The van der Waals surface area contributed by atoms with Crippen molar-refractivity contribution >= 4 is 28.6 Å². The van der Waals surface area contributed by atoms with Crippen molar-refractivity contribution in [2.45, 2.75) is 19.5 Å². The first-order valence-electron chi connectivity index (χ1n) is 6.88. The van der Waals surface area contributed by atoms with Crippen molar-refractivity contribution in [2.24, 2.45) is 0 Å². The van der Waals surface area contributed by atoms with Crippen molar-refractivity contribution in [3.05, 3.63) is 56.8 Å². The van der Waals surface area contributed by atoms with Gasteiger partial charge in [0.2, 0.25) is 0 Å². The summed E-state index contributed by atoms with van der Waals surface area (Å²) in [5.41, 5.74) is 0.132. The first-order valence-corrected chi connectivity index (χ1v) is 7.76. The number of benzene rings is 1. The molecule has 1 aromatic carbocycles. The average Bonchev–Trinajstić information content (AvgIpc) is 2.99. The van der Waals surface area contributed by atoms with Gasteiger partial charge in [0.25, 0.3) is 11.6 Å². The molecule has 1 heterocycles. The lowest BCUT2D eigenvalue weighted by Gasteiger charge is -2.20. The van der Waals surface area contributed by atoms with E-state index in [1.807, 2.05) is 31.5 Å². The molecule has 0 aliphatic carbocycles. The van der Waals surface area contributed by atoms with Crippen molar-refractivity contribution in [1.82, 2.24) is 0 Å². The molecule has 116 valence electrons. The van der Waals surface area contributed by atoms with Crippen molar-refractivity contribution in [3.8, 4) is 0 Å². The number of hydrogen-bond acceptors (Lipinski definition) is 4. The first kappa shape index (κ1) is 16.1. The van der Waals surface area contributed by atoms with E-state index in [2.05, 4.69) is 5.32 Å². The van der Waals surface area contributed by atoms with Gasteiger partial charge in [-0.2, -0.15) is 0 Å². The number of carbonyl (C=O) groups excluding carboxylic acids is 1. The second-order valence-corrected chi connectivity index (χ2v) is 6.12. The van der Waals surface area contributed by atoms with E-state index in [9.17, 15) is 14.9 Å². The number of para-hydroxylation sites is 2.